The van der Waals surface area contributed by atoms with Crippen LogP contribution in [0, 0.1) is 0 Å². The minimum atomic E-state index is -0.137. The maximum Gasteiger partial charge on any atom is 0.163 e. The monoisotopic (exact) mass is 205 g/mol. The first-order valence-electron chi connectivity index (χ1n) is 4.85. The molecule has 0 fully saturated rings. The summed E-state index contributed by atoms with van der Waals surface area (Å²) in [5.74, 6) is -0.111. The first-order chi connectivity index (χ1) is 7.15. The molecule has 3 nitrogen and oxygen atoms in total. The van der Waals surface area contributed by atoms with Crippen LogP contribution in [0.1, 0.15) is 29.3 Å². The van der Waals surface area contributed by atoms with Gasteiger partial charge in [-0.15, -0.1) is 0 Å². The van der Waals surface area contributed by atoms with Gasteiger partial charge in [0.2, 0.25) is 0 Å². The second-order valence-corrected chi connectivity index (χ2v) is 3.31. The number of carbonyl (C=O) groups is 1. The zero-order valence-corrected chi connectivity index (χ0v) is 8.73. The summed E-state index contributed by atoms with van der Waals surface area (Å²) in [6, 6.07) is 4.96. The van der Waals surface area contributed by atoms with Crippen molar-refractivity contribution < 1.29 is 9.90 Å². The first-order valence-corrected chi connectivity index (χ1v) is 4.85. The Kier molecular flexibility index (Phi) is 4.06. The largest absolute Gasteiger partial charge is 0.507 e. The molecule has 0 heterocycles. The van der Waals surface area contributed by atoms with Gasteiger partial charge in [0.25, 0.3) is 0 Å². The molecule has 1 aromatic carbocycles. The molecule has 3 heteroatoms. The summed E-state index contributed by atoms with van der Waals surface area (Å²) in [6.07, 6.45) is 4.63. The lowest BCUT2D eigenvalue weighted by Gasteiger charge is -2.01. The SMILES string of the molecule is CC(=O)c1cc(C=CCCN)ccc1O. The number of hydrogen-bond acceptors (Lipinski definition) is 3. The van der Waals surface area contributed by atoms with E-state index >= 15 is 0 Å². The summed E-state index contributed by atoms with van der Waals surface area (Å²) in [6.45, 7) is 2.04. The second kappa shape index (κ2) is 5.32. The minimum Gasteiger partial charge on any atom is -0.507 e. The van der Waals surface area contributed by atoms with Crippen molar-refractivity contribution in [3.05, 3.63) is 35.4 Å². The Morgan fingerprint density at radius 2 is 2.27 bits per heavy atom. The maximum absolute atomic E-state index is 11.1. The molecule has 0 radical (unpaired) electrons. The van der Waals surface area contributed by atoms with Crippen LogP contribution in [0.15, 0.2) is 24.3 Å². The molecular formula is C12H15NO2. The van der Waals surface area contributed by atoms with Crippen LogP contribution >= 0.6 is 0 Å². The smallest absolute Gasteiger partial charge is 0.163 e. The molecule has 1 rings (SSSR count). The molecule has 0 bridgehead atoms. The summed E-state index contributed by atoms with van der Waals surface area (Å²) >= 11 is 0. The van der Waals surface area contributed by atoms with Crippen molar-refractivity contribution in [2.75, 3.05) is 6.54 Å². The van der Waals surface area contributed by atoms with E-state index in [2.05, 4.69) is 0 Å². The Morgan fingerprint density at radius 3 is 2.87 bits per heavy atom. The molecule has 0 unspecified atom stereocenters. The Morgan fingerprint density at radius 1 is 1.53 bits per heavy atom. The van der Waals surface area contributed by atoms with Gasteiger partial charge in [-0.25, -0.2) is 0 Å². The molecular weight excluding hydrogens is 190 g/mol. The predicted molar refractivity (Wildman–Crippen MR) is 60.8 cm³/mol. The van der Waals surface area contributed by atoms with Crippen LogP contribution in [0.2, 0.25) is 0 Å². The van der Waals surface area contributed by atoms with E-state index in [1.807, 2.05) is 12.2 Å². The van der Waals surface area contributed by atoms with E-state index in [1.165, 1.54) is 13.0 Å². The normalized spacial score (nSPS) is 10.8. The molecule has 0 saturated heterocycles. The summed E-state index contributed by atoms with van der Waals surface area (Å²) in [4.78, 5) is 11.1. The average molecular weight is 205 g/mol. The van der Waals surface area contributed by atoms with Crippen molar-refractivity contribution in [2.45, 2.75) is 13.3 Å². The van der Waals surface area contributed by atoms with Gasteiger partial charge in [-0.3, -0.25) is 4.79 Å². The lowest BCUT2D eigenvalue weighted by Crippen LogP contribution is -1.95. The fraction of sp³-hybridized carbons (Fsp3) is 0.250. The molecule has 0 aliphatic carbocycles. The van der Waals surface area contributed by atoms with Crippen LogP contribution < -0.4 is 5.73 Å². The van der Waals surface area contributed by atoms with Gasteiger partial charge >= 0.3 is 0 Å². The first kappa shape index (κ1) is 11.5. The number of benzene rings is 1. The lowest BCUT2D eigenvalue weighted by molar-refractivity contribution is 0.101. The van der Waals surface area contributed by atoms with Crippen LogP contribution in [0.25, 0.3) is 6.08 Å². The van der Waals surface area contributed by atoms with Crippen LogP contribution in [0.5, 0.6) is 5.75 Å². The molecule has 0 atom stereocenters. The van der Waals surface area contributed by atoms with Crippen molar-refractivity contribution >= 4 is 11.9 Å². The number of rotatable bonds is 4. The number of nitrogens with two attached hydrogens (primary N) is 1. The van der Waals surface area contributed by atoms with Gasteiger partial charge in [0, 0.05) is 0 Å². The standard InChI is InChI=1S/C12H15NO2/c1-9(14)11-8-10(4-2-3-7-13)5-6-12(11)15/h2,4-6,8,15H,3,7,13H2,1H3. The number of hydrogen-bond donors (Lipinski definition) is 2. The highest BCUT2D eigenvalue weighted by Gasteiger charge is 2.05. The van der Waals surface area contributed by atoms with Gasteiger partial charge in [-0.05, 0) is 37.6 Å². The Balaban J connectivity index is 2.92. The molecule has 0 spiro atoms. The van der Waals surface area contributed by atoms with Crippen molar-refractivity contribution in [1.82, 2.24) is 0 Å². The van der Waals surface area contributed by atoms with Gasteiger partial charge in [0.15, 0.2) is 5.78 Å². The fourth-order valence-electron chi connectivity index (χ4n) is 1.25. The van der Waals surface area contributed by atoms with Crippen LogP contribution in [-0.2, 0) is 0 Å². The zero-order valence-electron chi connectivity index (χ0n) is 8.73. The van der Waals surface area contributed by atoms with Crippen LogP contribution in [-0.4, -0.2) is 17.4 Å². The van der Waals surface area contributed by atoms with E-state index in [0.29, 0.717) is 12.1 Å². The highest BCUT2D eigenvalue weighted by atomic mass is 16.3. The lowest BCUT2D eigenvalue weighted by atomic mass is 10.1. The second-order valence-electron chi connectivity index (χ2n) is 3.31. The molecule has 1 aromatic rings. The van der Waals surface area contributed by atoms with E-state index in [0.717, 1.165) is 12.0 Å². The quantitative estimate of drug-likeness (QED) is 0.738. The van der Waals surface area contributed by atoms with Gasteiger partial charge in [0.1, 0.15) is 5.75 Å². The van der Waals surface area contributed by atoms with Crippen LogP contribution in [0.4, 0.5) is 0 Å². The number of phenols is 1. The predicted octanol–water partition coefficient (Wildman–Crippen LogP) is 1.96. The Labute approximate surface area is 89.2 Å². The third kappa shape index (κ3) is 3.22. The van der Waals surface area contributed by atoms with Crippen molar-refractivity contribution in [2.24, 2.45) is 5.73 Å². The molecule has 0 saturated carbocycles. The summed E-state index contributed by atoms with van der Waals surface area (Å²) < 4.78 is 0. The summed E-state index contributed by atoms with van der Waals surface area (Å²) in [5, 5.41) is 9.41. The third-order valence-electron chi connectivity index (χ3n) is 2.04. The van der Waals surface area contributed by atoms with E-state index in [4.69, 9.17) is 5.73 Å². The topological polar surface area (TPSA) is 63.3 Å². The van der Waals surface area contributed by atoms with E-state index in [-0.39, 0.29) is 11.5 Å². The number of ketones is 1. The van der Waals surface area contributed by atoms with Gasteiger partial charge in [-0.2, -0.15) is 0 Å². The number of carbonyl (C=O) groups excluding carboxylic acids is 1. The van der Waals surface area contributed by atoms with Crippen LogP contribution in [0.3, 0.4) is 0 Å². The summed E-state index contributed by atoms with van der Waals surface area (Å²) in [5.41, 5.74) is 6.60. The van der Waals surface area contributed by atoms with Gasteiger partial charge < -0.3 is 10.8 Å². The molecule has 0 aliphatic rings. The van der Waals surface area contributed by atoms with Crippen molar-refractivity contribution in [1.29, 1.82) is 0 Å². The van der Waals surface area contributed by atoms with Gasteiger partial charge in [0.05, 0.1) is 5.56 Å². The zero-order chi connectivity index (χ0) is 11.3. The summed E-state index contributed by atoms with van der Waals surface area (Å²) in [7, 11) is 0. The fourth-order valence-corrected chi connectivity index (χ4v) is 1.25. The maximum atomic E-state index is 11.1. The average Bonchev–Trinajstić information content (AvgIpc) is 2.20. The molecule has 0 aromatic heterocycles. The molecule has 3 N–H and O–H groups in total. The number of Topliss-reactive ketones (excluding diaryl/α,β-unsaturated/α-hetero) is 1. The number of aromatic hydroxyl groups is 1. The molecule has 0 amide bonds. The highest BCUT2D eigenvalue weighted by molar-refractivity contribution is 5.97. The highest BCUT2D eigenvalue weighted by Crippen LogP contribution is 2.19. The third-order valence-corrected chi connectivity index (χ3v) is 2.04. The molecule has 0 aliphatic heterocycles. The van der Waals surface area contributed by atoms with Gasteiger partial charge in [-0.1, -0.05) is 18.2 Å². The van der Waals surface area contributed by atoms with E-state index < -0.39 is 0 Å². The van der Waals surface area contributed by atoms with E-state index in [1.54, 1.807) is 12.1 Å². The van der Waals surface area contributed by atoms with Crippen molar-refractivity contribution in [3.63, 3.8) is 0 Å². The minimum absolute atomic E-state index is 0.0264. The molecule has 80 valence electrons. The number of phenolic OH excluding ortho intramolecular Hbond substituents is 1. The van der Waals surface area contributed by atoms with Crippen molar-refractivity contribution in [3.8, 4) is 5.75 Å². The molecule has 15 heavy (non-hydrogen) atoms. The van der Waals surface area contributed by atoms with E-state index in [9.17, 15) is 9.90 Å². The Bertz CT molecular complexity index is 383. The Hall–Kier alpha value is -1.61.